The number of para-hydroxylation sites is 1. The lowest BCUT2D eigenvalue weighted by Crippen LogP contribution is -2.36. The van der Waals surface area contributed by atoms with Crippen LogP contribution in [0.25, 0.3) is 10.9 Å². The average molecular weight is 201 g/mol. The number of likely N-dealkylation sites (tertiary alicyclic amines) is 1. The Labute approximate surface area is 89.3 Å². The average Bonchev–Trinajstić information content (AvgIpc) is 2.51. The van der Waals surface area contributed by atoms with Crippen molar-refractivity contribution in [1.82, 2.24) is 14.7 Å². The fraction of sp³-hybridized carbons (Fsp3) is 0.417. The van der Waals surface area contributed by atoms with Crippen LogP contribution in [0.3, 0.4) is 0 Å². The topological polar surface area (TPSA) is 21.1 Å². The van der Waals surface area contributed by atoms with Crippen LogP contribution in [0.1, 0.15) is 12.1 Å². The van der Waals surface area contributed by atoms with Crippen molar-refractivity contribution in [3.8, 4) is 0 Å². The monoisotopic (exact) mass is 201 g/mol. The number of aryl methyl sites for hydroxylation is 1. The number of nitrogens with zero attached hydrogens (tertiary/aromatic N) is 3. The van der Waals surface area contributed by atoms with E-state index in [1.807, 2.05) is 11.7 Å². The number of rotatable bonds is 2. The molecule has 0 aliphatic carbocycles. The first-order valence-electron chi connectivity index (χ1n) is 5.47. The SMILES string of the molecule is Cn1nc(CN2CCC2)c2ccccc21. The summed E-state index contributed by atoms with van der Waals surface area (Å²) in [6.07, 6.45) is 1.34. The Balaban J connectivity index is 2.02. The molecule has 1 fully saturated rings. The summed E-state index contributed by atoms with van der Waals surface area (Å²) in [5.41, 5.74) is 2.45. The molecule has 0 N–H and O–H groups in total. The number of hydrogen-bond acceptors (Lipinski definition) is 2. The second-order valence-corrected chi connectivity index (χ2v) is 4.22. The highest BCUT2D eigenvalue weighted by molar-refractivity contribution is 5.81. The predicted octanol–water partition coefficient (Wildman–Crippen LogP) is 1.78. The number of fused-ring (bicyclic) bond motifs is 1. The Morgan fingerprint density at radius 2 is 2.07 bits per heavy atom. The summed E-state index contributed by atoms with van der Waals surface area (Å²) < 4.78 is 1.98. The normalized spacial score (nSPS) is 16.9. The van der Waals surface area contributed by atoms with Crippen LogP contribution < -0.4 is 0 Å². The van der Waals surface area contributed by atoms with E-state index in [9.17, 15) is 0 Å². The fourth-order valence-corrected chi connectivity index (χ4v) is 2.16. The molecule has 78 valence electrons. The van der Waals surface area contributed by atoms with Crippen molar-refractivity contribution in [3.05, 3.63) is 30.0 Å². The van der Waals surface area contributed by atoms with Gasteiger partial charge in [0.1, 0.15) is 0 Å². The van der Waals surface area contributed by atoms with Gasteiger partial charge in [0.25, 0.3) is 0 Å². The van der Waals surface area contributed by atoms with E-state index in [-0.39, 0.29) is 0 Å². The molecular formula is C12H15N3. The van der Waals surface area contributed by atoms with E-state index in [1.165, 1.54) is 36.1 Å². The van der Waals surface area contributed by atoms with Crippen LogP contribution in [-0.2, 0) is 13.6 Å². The molecule has 0 spiro atoms. The maximum Gasteiger partial charge on any atom is 0.0843 e. The first kappa shape index (κ1) is 8.92. The van der Waals surface area contributed by atoms with Gasteiger partial charge in [-0.15, -0.1) is 0 Å². The number of aromatic nitrogens is 2. The van der Waals surface area contributed by atoms with Crippen LogP contribution in [-0.4, -0.2) is 27.8 Å². The van der Waals surface area contributed by atoms with Crippen molar-refractivity contribution in [1.29, 1.82) is 0 Å². The zero-order valence-electron chi connectivity index (χ0n) is 8.98. The van der Waals surface area contributed by atoms with Crippen LogP contribution in [0, 0.1) is 0 Å². The molecule has 1 aliphatic heterocycles. The summed E-state index contributed by atoms with van der Waals surface area (Å²) in [7, 11) is 2.02. The molecule has 3 heteroatoms. The minimum absolute atomic E-state index is 1.00. The Kier molecular flexibility index (Phi) is 1.99. The van der Waals surface area contributed by atoms with E-state index < -0.39 is 0 Å². The van der Waals surface area contributed by atoms with Gasteiger partial charge in [0.05, 0.1) is 11.2 Å². The van der Waals surface area contributed by atoms with Gasteiger partial charge in [-0.05, 0) is 25.6 Å². The highest BCUT2D eigenvalue weighted by Crippen LogP contribution is 2.20. The van der Waals surface area contributed by atoms with Crippen molar-refractivity contribution >= 4 is 10.9 Å². The molecule has 1 aromatic heterocycles. The van der Waals surface area contributed by atoms with E-state index in [4.69, 9.17) is 0 Å². The molecule has 1 saturated heterocycles. The molecule has 0 atom stereocenters. The smallest absolute Gasteiger partial charge is 0.0843 e. The minimum atomic E-state index is 1.00. The van der Waals surface area contributed by atoms with E-state index in [0.717, 1.165) is 6.54 Å². The third kappa shape index (κ3) is 1.43. The summed E-state index contributed by atoms with van der Waals surface area (Å²) in [5.74, 6) is 0. The van der Waals surface area contributed by atoms with Gasteiger partial charge in [-0.25, -0.2) is 0 Å². The lowest BCUT2D eigenvalue weighted by atomic mass is 10.1. The van der Waals surface area contributed by atoms with Crippen molar-refractivity contribution < 1.29 is 0 Å². The third-order valence-electron chi connectivity index (χ3n) is 3.16. The van der Waals surface area contributed by atoms with Gasteiger partial charge in [-0.2, -0.15) is 5.10 Å². The van der Waals surface area contributed by atoms with Gasteiger partial charge >= 0.3 is 0 Å². The second kappa shape index (κ2) is 3.35. The molecule has 0 saturated carbocycles. The Morgan fingerprint density at radius 1 is 1.27 bits per heavy atom. The maximum absolute atomic E-state index is 4.59. The Hall–Kier alpha value is -1.35. The van der Waals surface area contributed by atoms with E-state index in [0.29, 0.717) is 0 Å². The van der Waals surface area contributed by atoms with Gasteiger partial charge in [0.15, 0.2) is 0 Å². The van der Waals surface area contributed by atoms with Crippen molar-refractivity contribution in [2.45, 2.75) is 13.0 Å². The Bertz CT molecular complexity index is 483. The fourth-order valence-electron chi connectivity index (χ4n) is 2.16. The quantitative estimate of drug-likeness (QED) is 0.738. The lowest BCUT2D eigenvalue weighted by molar-refractivity contribution is 0.171. The van der Waals surface area contributed by atoms with Crippen molar-refractivity contribution in [2.75, 3.05) is 13.1 Å². The molecular weight excluding hydrogens is 186 g/mol. The standard InChI is InChI=1S/C12H15N3/c1-14-12-6-3-2-5-10(12)11(13-14)9-15-7-4-8-15/h2-3,5-6H,4,7-9H2,1H3. The van der Waals surface area contributed by atoms with Gasteiger partial charge in [-0.1, -0.05) is 18.2 Å². The van der Waals surface area contributed by atoms with Gasteiger partial charge in [-0.3, -0.25) is 9.58 Å². The van der Waals surface area contributed by atoms with Crippen LogP contribution >= 0.6 is 0 Å². The molecule has 15 heavy (non-hydrogen) atoms. The van der Waals surface area contributed by atoms with Crippen molar-refractivity contribution in [3.63, 3.8) is 0 Å². The summed E-state index contributed by atoms with van der Waals surface area (Å²) >= 11 is 0. The minimum Gasteiger partial charge on any atom is -0.297 e. The van der Waals surface area contributed by atoms with E-state index >= 15 is 0 Å². The molecule has 2 heterocycles. The molecule has 1 aromatic carbocycles. The van der Waals surface area contributed by atoms with Crippen LogP contribution in [0.15, 0.2) is 24.3 Å². The van der Waals surface area contributed by atoms with Crippen LogP contribution in [0.2, 0.25) is 0 Å². The molecule has 0 unspecified atom stereocenters. The highest BCUT2D eigenvalue weighted by Gasteiger charge is 2.17. The summed E-state index contributed by atoms with van der Waals surface area (Å²) in [6, 6.07) is 8.44. The van der Waals surface area contributed by atoms with Gasteiger partial charge in [0, 0.05) is 19.0 Å². The van der Waals surface area contributed by atoms with Crippen LogP contribution in [0.4, 0.5) is 0 Å². The first-order valence-corrected chi connectivity index (χ1v) is 5.47. The van der Waals surface area contributed by atoms with Gasteiger partial charge < -0.3 is 0 Å². The lowest BCUT2D eigenvalue weighted by Gasteiger charge is -2.29. The van der Waals surface area contributed by atoms with Crippen LogP contribution in [0.5, 0.6) is 0 Å². The molecule has 0 amide bonds. The zero-order chi connectivity index (χ0) is 10.3. The largest absolute Gasteiger partial charge is 0.297 e. The molecule has 1 aliphatic rings. The third-order valence-corrected chi connectivity index (χ3v) is 3.16. The van der Waals surface area contributed by atoms with E-state index in [2.05, 4.69) is 34.3 Å². The molecule has 3 nitrogen and oxygen atoms in total. The summed E-state index contributed by atoms with van der Waals surface area (Å²) in [6.45, 7) is 3.46. The Morgan fingerprint density at radius 3 is 2.80 bits per heavy atom. The second-order valence-electron chi connectivity index (χ2n) is 4.22. The molecule has 3 rings (SSSR count). The highest BCUT2D eigenvalue weighted by atomic mass is 15.3. The maximum atomic E-state index is 4.59. The molecule has 0 radical (unpaired) electrons. The molecule has 2 aromatic rings. The molecule has 0 bridgehead atoms. The summed E-state index contributed by atoms with van der Waals surface area (Å²) in [4.78, 5) is 2.44. The number of benzene rings is 1. The predicted molar refractivity (Wildman–Crippen MR) is 60.6 cm³/mol. The van der Waals surface area contributed by atoms with Crippen molar-refractivity contribution in [2.24, 2.45) is 7.05 Å². The zero-order valence-corrected chi connectivity index (χ0v) is 8.98. The number of hydrogen-bond donors (Lipinski definition) is 0. The van der Waals surface area contributed by atoms with Gasteiger partial charge in [0.2, 0.25) is 0 Å². The van der Waals surface area contributed by atoms with E-state index in [1.54, 1.807) is 0 Å². The first-order chi connectivity index (χ1) is 7.34. The summed E-state index contributed by atoms with van der Waals surface area (Å²) in [5, 5.41) is 5.88.